The van der Waals surface area contributed by atoms with Gasteiger partial charge in [-0.3, -0.25) is 20.2 Å². The molecule has 3 aromatic rings. The van der Waals surface area contributed by atoms with E-state index in [1.54, 1.807) is 48.5 Å². The van der Waals surface area contributed by atoms with Crippen molar-refractivity contribution >= 4 is 16.6 Å². The molecule has 1 atom stereocenters. The number of ether oxygens (including phenoxy) is 1. The van der Waals surface area contributed by atoms with Gasteiger partial charge in [-0.05, 0) is 12.1 Å². The van der Waals surface area contributed by atoms with Crippen molar-refractivity contribution in [3.05, 3.63) is 86.1 Å². The fourth-order valence-electron chi connectivity index (χ4n) is 3.14. The molecule has 0 spiro atoms. The van der Waals surface area contributed by atoms with Gasteiger partial charge in [-0.25, -0.2) is 4.98 Å². The number of nitro groups is 2. The number of nitro benzene ring substituents is 1. The lowest BCUT2D eigenvalue weighted by atomic mass is 9.93. The van der Waals surface area contributed by atoms with E-state index < -0.39 is 10.8 Å². The molecule has 0 saturated carbocycles. The predicted octanol–water partition coefficient (Wildman–Crippen LogP) is 3.75. The number of non-ortho nitro benzene ring substituents is 1. The van der Waals surface area contributed by atoms with Crippen LogP contribution < -0.4 is 4.74 Å². The normalized spacial score (nSPS) is 11.9. The Morgan fingerprint density at radius 2 is 1.81 bits per heavy atom. The van der Waals surface area contributed by atoms with Crippen LogP contribution in [0.2, 0.25) is 0 Å². The summed E-state index contributed by atoms with van der Waals surface area (Å²) in [4.78, 5) is 26.0. The number of nitrogens with zero attached hydrogens (tertiary/aromatic N) is 3. The van der Waals surface area contributed by atoms with Gasteiger partial charge >= 0.3 is 0 Å². The van der Waals surface area contributed by atoms with Gasteiger partial charge in [-0.15, -0.1) is 0 Å². The van der Waals surface area contributed by atoms with Crippen LogP contribution in [0.15, 0.2) is 54.6 Å². The summed E-state index contributed by atoms with van der Waals surface area (Å²) in [7, 11) is 1.51. The Morgan fingerprint density at radius 3 is 2.52 bits per heavy atom. The van der Waals surface area contributed by atoms with E-state index >= 15 is 0 Å². The van der Waals surface area contributed by atoms with Crippen LogP contribution in [0.5, 0.6) is 5.75 Å². The van der Waals surface area contributed by atoms with Crippen LogP contribution in [0.1, 0.15) is 17.2 Å². The highest BCUT2D eigenvalue weighted by Gasteiger charge is 2.23. The van der Waals surface area contributed by atoms with Gasteiger partial charge in [0.2, 0.25) is 6.54 Å². The minimum atomic E-state index is -0.478. The van der Waals surface area contributed by atoms with Gasteiger partial charge in [-0.1, -0.05) is 36.4 Å². The lowest BCUT2D eigenvalue weighted by Crippen LogP contribution is -2.16. The largest absolute Gasteiger partial charge is 0.496 e. The van der Waals surface area contributed by atoms with Gasteiger partial charge < -0.3 is 4.74 Å². The van der Waals surface area contributed by atoms with Crippen LogP contribution in [-0.4, -0.2) is 28.5 Å². The highest BCUT2D eigenvalue weighted by atomic mass is 16.6. The van der Waals surface area contributed by atoms with Crippen molar-refractivity contribution in [2.24, 2.45) is 0 Å². The first kappa shape index (κ1) is 18.2. The Labute approximate surface area is 154 Å². The average Bonchev–Trinajstić information content (AvgIpc) is 2.66. The molecule has 0 fully saturated rings. The zero-order chi connectivity index (χ0) is 19.4. The van der Waals surface area contributed by atoms with E-state index in [1.807, 2.05) is 0 Å². The highest BCUT2D eigenvalue weighted by Crippen LogP contribution is 2.30. The predicted molar refractivity (Wildman–Crippen MR) is 99.7 cm³/mol. The van der Waals surface area contributed by atoms with Gasteiger partial charge in [0.15, 0.2) is 0 Å². The summed E-state index contributed by atoms with van der Waals surface area (Å²) < 4.78 is 5.33. The van der Waals surface area contributed by atoms with E-state index in [0.29, 0.717) is 22.4 Å². The van der Waals surface area contributed by atoms with Crippen LogP contribution in [-0.2, 0) is 6.42 Å². The number of rotatable bonds is 7. The number of fused-ring (bicyclic) bond motifs is 1. The number of para-hydroxylation sites is 2. The third kappa shape index (κ3) is 4.00. The average molecular weight is 367 g/mol. The first-order valence-electron chi connectivity index (χ1n) is 8.27. The monoisotopic (exact) mass is 367 g/mol. The fraction of sp³-hybridized carbons (Fsp3) is 0.211. The summed E-state index contributed by atoms with van der Waals surface area (Å²) in [5.74, 6) is 0.0972. The Morgan fingerprint density at radius 1 is 1.04 bits per heavy atom. The van der Waals surface area contributed by atoms with Crippen molar-refractivity contribution in [2.75, 3.05) is 13.7 Å². The maximum Gasteiger partial charge on any atom is 0.295 e. The van der Waals surface area contributed by atoms with Crippen molar-refractivity contribution in [1.82, 2.24) is 4.98 Å². The van der Waals surface area contributed by atoms with Crippen molar-refractivity contribution in [1.29, 1.82) is 0 Å². The van der Waals surface area contributed by atoms with Crippen LogP contribution in [0.25, 0.3) is 10.9 Å². The molecular weight excluding hydrogens is 350 g/mol. The van der Waals surface area contributed by atoms with Crippen LogP contribution >= 0.6 is 0 Å². The molecule has 3 rings (SSSR count). The van der Waals surface area contributed by atoms with E-state index in [1.165, 1.54) is 13.2 Å². The van der Waals surface area contributed by atoms with E-state index in [0.717, 1.165) is 0 Å². The SMILES string of the molecule is COc1ccccc1C(Cc1ccc2cccc([N+](=O)[O-])c2n1)C[N+](=O)[O-]. The maximum atomic E-state index is 11.3. The first-order valence-corrected chi connectivity index (χ1v) is 8.27. The molecule has 0 amide bonds. The molecule has 0 bridgehead atoms. The summed E-state index contributed by atoms with van der Waals surface area (Å²) in [5.41, 5.74) is 1.45. The van der Waals surface area contributed by atoms with Gasteiger partial charge in [-0.2, -0.15) is 0 Å². The first-order chi connectivity index (χ1) is 13.0. The molecule has 27 heavy (non-hydrogen) atoms. The van der Waals surface area contributed by atoms with E-state index in [2.05, 4.69) is 4.98 Å². The van der Waals surface area contributed by atoms with Crippen LogP contribution in [0.3, 0.4) is 0 Å². The number of benzene rings is 2. The van der Waals surface area contributed by atoms with E-state index in [9.17, 15) is 20.2 Å². The number of aromatic nitrogens is 1. The Hall–Kier alpha value is -3.55. The van der Waals surface area contributed by atoms with Gasteiger partial charge in [0.05, 0.1) is 18.0 Å². The molecule has 0 radical (unpaired) electrons. The van der Waals surface area contributed by atoms with Crippen molar-refractivity contribution in [3.8, 4) is 5.75 Å². The van der Waals surface area contributed by atoms with Gasteiger partial charge in [0.1, 0.15) is 11.3 Å². The van der Waals surface area contributed by atoms with E-state index in [4.69, 9.17) is 4.74 Å². The molecule has 0 N–H and O–H groups in total. The smallest absolute Gasteiger partial charge is 0.295 e. The molecule has 138 valence electrons. The summed E-state index contributed by atoms with van der Waals surface area (Å²) in [5, 5.41) is 23.1. The Bertz CT molecular complexity index is 1010. The molecule has 0 aliphatic heterocycles. The molecule has 0 aliphatic carbocycles. The minimum Gasteiger partial charge on any atom is -0.496 e. The summed E-state index contributed by atoms with van der Waals surface area (Å²) in [6.07, 6.45) is 0.267. The highest BCUT2D eigenvalue weighted by molar-refractivity contribution is 5.87. The molecule has 2 aromatic carbocycles. The lowest BCUT2D eigenvalue weighted by molar-refractivity contribution is -0.483. The second kappa shape index (κ2) is 7.77. The third-order valence-electron chi connectivity index (χ3n) is 4.36. The van der Waals surface area contributed by atoms with Crippen molar-refractivity contribution in [2.45, 2.75) is 12.3 Å². The summed E-state index contributed by atoms with van der Waals surface area (Å²) >= 11 is 0. The molecular formula is C19H17N3O5. The second-order valence-electron chi connectivity index (χ2n) is 6.07. The molecule has 0 aliphatic rings. The fourth-order valence-corrected chi connectivity index (χ4v) is 3.14. The number of hydrogen-bond donors (Lipinski definition) is 0. The van der Waals surface area contributed by atoms with Crippen molar-refractivity contribution in [3.63, 3.8) is 0 Å². The number of pyridine rings is 1. The lowest BCUT2D eigenvalue weighted by Gasteiger charge is -2.16. The maximum absolute atomic E-state index is 11.3. The minimum absolute atomic E-state index is 0.0857. The van der Waals surface area contributed by atoms with Crippen LogP contribution in [0, 0.1) is 20.2 Å². The second-order valence-corrected chi connectivity index (χ2v) is 6.07. The molecule has 8 nitrogen and oxygen atoms in total. The zero-order valence-corrected chi connectivity index (χ0v) is 14.6. The number of methoxy groups -OCH3 is 1. The van der Waals surface area contributed by atoms with Gasteiger partial charge in [0, 0.05) is 34.1 Å². The standard InChI is InChI=1S/C19H17N3O5/c1-27-18-8-3-2-6-16(18)14(12-21(23)24)11-15-10-9-13-5-4-7-17(22(25)26)19(13)20-15/h2-10,14H,11-12H2,1H3. The Balaban J connectivity index is 2.02. The summed E-state index contributed by atoms with van der Waals surface area (Å²) in [6, 6.07) is 15.4. The Kier molecular flexibility index (Phi) is 5.25. The quantitative estimate of drug-likeness (QED) is 0.465. The van der Waals surface area contributed by atoms with Crippen LogP contribution in [0.4, 0.5) is 5.69 Å². The topological polar surface area (TPSA) is 108 Å². The summed E-state index contributed by atoms with van der Waals surface area (Å²) in [6.45, 7) is -0.295. The molecule has 1 aromatic heterocycles. The molecule has 0 saturated heterocycles. The van der Waals surface area contributed by atoms with E-state index in [-0.39, 0.29) is 29.1 Å². The molecule has 1 unspecified atom stereocenters. The number of hydrogen-bond acceptors (Lipinski definition) is 6. The molecule has 8 heteroatoms. The molecule has 1 heterocycles. The zero-order valence-electron chi connectivity index (χ0n) is 14.6. The third-order valence-corrected chi connectivity index (χ3v) is 4.36. The van der Waals surface area contributed by atoms with Crippen molar-refractivity contribution < 1.29 is 14.6 Å². The van der Waals surface area contributed by atoms with Gasteiger partial charge in [0.25, 0.3) is 5.69 Å².